The molecule has 0 fully saturated rings. The smallest absolute Gasteiger partial charge is 0.266 e. The van der Waals surface area contributed by atoms with Gasteiger partial charge >= 0.3 is 0 Å². The van der Waals surface area contributed by atoms with Gasteiger partial charge in [0, 0.05) is 11.6 Å². The molecule has 0 spiro atoms. The second kappa shape index (κ2) is 8.63. The average Bonchev–Trinajstić information content (AvgIpc) is 2.67. The normalized spacial score (nSPS) is 12.0. The van der Waals surface area contributed by atoms with Crippen molar-refractivity contribution in [3.8, 4) is 5.69 Å². The second-order valence-electron chi connectivity index (χ2n) is 6.28. The van der Waals surface area contributed by atoms with E-state index in [-0.39, 0.29) is 11.5 Å². The summed E-state index contributed by atoms with van der Waals surface area (Å²) in [6, 6.07) is 12.6. The minimum absolute atomic E-state index is 0.151. The van der Waals surface area contributed by atoms with Gasteiger partial charge in [-0.15, -0.1) is 6.58 Å². The van der Waals surface area contributed by atoms with E-state index in [9.17, 15) is 9.59 Å². The van der Waals surface area contributed by atoms with Crippen LogP contribution >= 0.6 is 23.4 Å². The first kappa shape index (κ1) is 20.2. The molecule has 0 aliphatic carbocycles. The molecule has 1 atom stereocenters. The molecule has 1 aromatic heterocycles. The molecule has 1 N–H and O–H groups in total. The highest BCUT2D eigenvalue weighted by atomic mass is 35.5. The van der Waals surface area contributed by atoms with Gasteiger partial charge in [0.2, 0.25) is 5.91 Å². The summed E-state index contributed by atoms with van der Waals surface area (Å²) in [5.74, 6) is -0.151. The van der Waals surface area contributed by atoms with Crippen molar-refractivity contribution < 1.29 is 4.79 Å². The van der Waals surface area contributed by atoms with E-state index in [1.54, 1.807) is 35.8 Å². The average molecular weight is 414 g/mol. The number of para-hydroxylation sites is 1. The lowest BCUT2D eigenvalue weighted by molar-refractivity contribution is -0.120. The zero-order valence-corrected chi connectivity index (χ0v) is 17.2. The molecule has 7 heteroatoms. The molecule has 0 aliphatic heterocycles. The minimum Gasteiger partial charge on any atom is -0.352 e. The molecule has 0 saturated heterocycles. The Morgan fingerprint density at radius 3 is 2.82 bits per heavy atom. The van der Waals surface area contributed by atoms with Crippen LogP contribution in [0.4, 0.5) is 0 Å². The number of hydrogen-bond acceptors (Lipinski definition) is 4. The summed E-state index contributed by atoms with van der Waals surface area (Å²) in [5, 5.41) is 3.74. The van der Waals surface area contributed by atoms with Gasteiger partial charge in [-0.05, 0) is 43.7 Å². The van der Waals surface area contributed by atoms with Gasteiger partial charge in [0.15, 0.2) is 5.16 Å². The van der Waals surface area contributed by atoms with Crippen LogP contribution in [-0.2, 0) is 4.79 Å². The third kappa shape index (κ3) is 4.13. The summed E-state index contributed by atoms with van der Waals surface area (Å²) in [4.78, 5) is 30.3. The SMILES string of the molecule is C=CCNC(=O)[C@H](C)Sc1nc2cc(Cl)ccc2c(=O)n1-c1ccccc1C. The van der Waals surface area contributed by atoms with E-state index in [0.29, 0.717) is 27.6 Å². The van der Waals surface area contributed by atoms with Crippen LogP contribution in [0, 0.1) is 6.92 Å². The lowest BCUT2D eigenvalue weighted by atomic mass is 10.2. The lowest BCUT2D eigenvalue weighted by Crippen LogP contribution is -2.32. The summed E-state index contributed by atoms with van der Waals surface area (Å²) < 4.78 is 1.56. The number of fused-ring (bicyclic) bond motifs is 1. The molecule has 2 aromatic carbocycles. The molecule has 0 unspecified atom stereocenters. The van der Waals surface area contributed by atoms with E-state index in [1.807, 2.05) is 31.2 Å². The Morgan fingerprint density at radius 2 is 2.11 bits per heavy atom. The standard InChI is InChI=1S/C21H20ClN3O2S/c1-4-11-23-19(26)14(3)28-21-24-17-12-15(22)9-10-16(17)20(27)25(21)18-8-6-5-7-13(18)2/h4-10,12,14H,1,11H2,2-3H3,(H,23,26)/t14-/m0/s1. The van der Waals surface area contributed by atoms with E-state index >= 15 is 0 Å². The molecular formula is C21H20ClN3O2S. The van der Waals surface area contributed by atoms with Gasteiger partial charge < -0.3 is 5.32 Å². The first-order valence-corrected chi connectivity index (χ1v) is 10.0. The number of thioether (sulfide) groups is 1. The summed E-state index contributed by atoms with van der Waals surface area (Å²) in [6.45, 7) is 7.70. The second-order valence-corrected chi connectivity index (χ2v) is 8.02. The molecule has 0 bridgehead atoms. The van der Waals surface area contributed by atoms with Crippen LogP contribution in [0.25, 0.3) is 16.6 Å². The maximum atomic E-state index is 13.3. The zero-order valence-electron chi connectivity index (χ0n) is 15.6. The van der Waals surface area contributed by atoms with E-state index in [1.165, 1.54) is 11.8 Å². The number of hydrogen-bond donors (Lipinski definition) is 1. The Balaban J connectivity index is 2.17. The Labute approximate surface area is 172 Å². The van der Waals surface area contributed by atoms with Gasteiger partial charge in [-0.3, -0.25) is 14.2 Å². The van der Waals surface area contributed by atoms with Crippen LogP contribution in [-0.4, -0.2) is 27.3 Å². The molecule has 0 aliphatic rings. The molecule has 0 radical (unpaired) electrons. The number of rotatable bonds is 6. The topological polar surface area (TPSA) is 64.0 Å². The fraction of sp³-hybridized carbons (Fsp3) is 0.190. The van der Waals surface area contributed by atoms with Crippen LogP contribution in [0.1, 0.15) is 12.5 Å². The largest absolute Gasteiger partial charge is 0.352 e. The van der Waals surface area contributed by atoms with Crippen molar-refractivity contribution >= 4 is 40.2 Å². The summed E-state index contributed by atoms with van der Waals surface area (Å²) in [6.07, 6.45) is 1.62. The van der Waals surface area contributed by atoms with Crippen LogP contribution in [0.3, 0.4) is 0 Å². The molecule has 1 amide bonds. The highest BCUT2D eigenvalue weighted by Crippen LogP contribution is 2.27. The van der Waals surface area contributed by atoms with Gasteiger partial charge in [0.05, 0.1) is 21.8 Å². The molecular weight excluding hydrogens is 394 g/mol. The Hall–Kier alpha value is -2.57. The first-order chi connectivity index (χ1) is 13.4. The number of nitrogens with one attached hydrogen (secondary N) is 1. The third-order valence-electron chi connectivity index (χ3n) is 4.23. The monoisotopic (exact) mass is 413 g/mol. The summed E-state index contributed by atoms with van der Waals surface area (Å²) >= 11 is 7.32. The van der Waals surface area contributed by atoms with Crippen LogP contribution in [0.15, 0.2) is 65.1 Å². The third-order valence-corrected chi connectivity index (χ3v) is 5.52. The maximum Gasteiger partial charge on any atom is 0.266 e. The van der Waals surface area contributed by atoms with Crippen LogP contribution in [0.2, 0.25) is 5.02 Å². The number of aryl methyl sites for hydroxylation is 1. The van der Waals surface area contributed by atoms with E-state index in [0.717, 1.165) is 11.3 Å². The first-order valence-electron chi connectivity index (χ1n) is 8.76. The van der Waals surface area contributed by atoms with Crippen LogP contribution in [0.5, 0.6) is 0 Å². The number of amides is 1. The maximum absolute atomic E-state index is 13.3. The molecule has 1 heterocycles. The predicted octanol–water partition coefficient (Wildman–Crippen LogP) is 4.13. The van der Waals surface area contributed by atoms with E-state index in [4.69, 9.17) is 11.6 Å². The lowest BCUT2D eigenvalue weighted by Gasteiger charge is -2.17. The van der Waals surface area contributed by atoms with Crippen LogP contribution < -0.4 is 10.9 Å². The fourth-order valence-electron chi connectivity index (χ4n) is 2.77. The number of carbonyl (C=O) groups excluding carboxylic acids is 1. The van der Waals surface area contributed by atoms with E-state index in [2.05, 4.69) is 16.9 Å². The molecule has 0 saturated carbocycles. The number of halogens is 1. The summed E-state index contributed by atoms with van der Waals surface area (Å²) in [7, 11) is 0. The Morgan fingerprint density at radius 1 is 1.36 bits per heavy atom. The van der Waals surface area contributed by atoms with Crippen molar-refractivity contribution in [2.24, 2.45) is 0 Å². The minimum atomic E-state index is -0.446. The molecule has 5 nitrogen and oxygen atoms in total. The molecule has 3 rings (SSSR count). The number of aromatic nitrogens is 2. The van der Waals surface area contributed by atoms with E-state index < -0.39 is 5.25 Å². The van der Waals surface area contributed by atoms with Crippen molar-refractivity contribution in [1.82, 2.24) is 14.9 Å². The predicted molar refractivity (Wildman–Crippen MR) is 116 cm³/mol. The highest BCUT2D eigenvalue weighted by Gasteiger charge is 2.20. The van der Waals surface area contributed by atoms with Crippen molar-refractivity contribution in [3.63, 3.8) is 0 Å². The summed E-state index contributed by atoms with van der Waals surface area (Å²) in [5.41, 5.74) is 1.98. The Bertz CT molecular complexity index is 1110. The quantitative estimate of drug-likeness (QED) is 0.375. The number of carbonyl (C=O) groups is 1. The van der Waals surface area contributed by atoms with Gasteiger partial charge in [0.25, 0.3) is 5.56 Å². The van der Waals surface area contributed by atoms with Crippen molar-refractivity contribution in [2.45, 2.75) is 24.3 Å². The number of nitrogens with zero attached hydrogens (tertiary/aromatic N) is 2. The molecule has 28 heavy (non-hydrogen) atoms. The molecule has 3 aromatic rings. The highest BCUT2D eigenvalue weighted by molar-refractivity contribution is 8.00. The van der Waals surface area contributed by atoms with Gasteiger partial charge in [-0.25, -0.2) is 4.98 Å². The zero-order chi connectivity index (χ0) is 20.3. The fourth-order valence-corrected chi connectivity index (χ4v) is 3.88. The van der Waals surface area contributed by atoms with Gasteiger partial charge in [-0.2, -0.15) is 0 Å². The van der Waals surface area contributed by atoms with Crippen molar-refractivity contribution in [1.29, 1.82) is 0 Å². The molecule has 144 valence electrons. The van der Waals surface area contributed by atoms with Crippen molar-refractivity contribution in [3.05, 3.63) is 76.1 Å². The van der Waals surface area contributed by atoms with Crippen molar-refractivity contribution in [2.75, 3.05) is 6.54 Å². The van der Waals surface area contributed by atoms with Gasteiger partial charge in [0.1, 0.15) is 0 Å². The Kier molecular flexibility index (Phi) is 6.21. The van der Waals surface area contributed by atoms with Gasteiger partial charge in [-0.1, -0.05) is 47.6 Å². The number of benzene rings is 2.